The van der Waals surface area contributed by atoms with Crippen LogP contribution in [-0.2, 0) is 10.0 Å². The van der Waals surface area contributed by atoms with E-state index in [1.54, 1.807) is 36.7 Å². The quantitative estimate of drug-likeness (QED) is 0.795. The van der Waals surface area contributed by atoms with Crippen LogP contribution in [0.2, 0.25) is 5.02 Å². The van der Waals surface area contributed by atoms with Crippen molar-refractivity contribution in [1.29, 1.82) is 0 Å². The van der Waals surface area contributed by atoms with Crippen LogP contribution in [0.25, 0.3) is 0 Å². The molecule has 1 aliphatic rings. The number of rotatable bonds is 5. The highest BCUT2D eigenvalue weighted by molar-refractivity contribution is 7.89. The first-order valence-corrected chi connectivity index (χ1v) is 9.73. The minimum atomic E-state index is -3.72. The van der Waals surface area contributed by atoms with E-state index in [1.807, 2.05) is 0 Å². The van der Waals surface area contributed by atoms with E-state index in [1.165, 1.54) is 17.5 Å². The van der Waals surface area contributed by atoms with Crippen LogP contribution in [0.3, 0.4) is 0 Å². The molecule has 3 rings (SSSR count). The van der Waals surface area contributed by atoms with E-state index in [4.69, 9.17) is 21.1 Å². The summed E-state index contributed by atoms with van der Waals surface area (Å²) in [5.74, 6) is 0.959. The molecule has 1 unspecified atom stereocenters. The highest BCUT2D eigenvalue weighted by Gasteiger charge is 2.33. The number of pyridine rings is 1. The van der Waals surface area contributed by atoms with Crippen LogP contribution in [0.4, 0.5) is 0 Å². The molecule has 0 aliphatic carbocycles. The first kappa shape index (κ1) is 18.0. The Balaban J connectivity index is 1.81. The van der Waals surface area contributed by atoms with Gasteiger partial charge in [0.15, 0.2) is 0 Å². The molecular formula is C17H19ClN2O4S. The van der Waals surface area contributed by atoms with Gasteiger partial charge in [-0.3, -0.25) is 4.98 Å². The van der Waals surface area contributed by atoms with Crippen molar-refractivity contribution in [2.45, 2.75) is 23.8 Å². The number of methoxy groups -OCH3 is 1. The molecule has 0 N–H and O–H groups in total. The van der Waals surface area contributed by atoms with Gasteiger partial charge in [-0.15, -0.1) is 0 Å². The van der Waals surface area contributed by atoms with E-state index in [9.17, 15) is 8.42 Å². The number of piperidine rings is 1. The number of sulfonamides is 1. The summed E-state index contributed by atoms with van der Waals surface area (Å²) in [6.45, 7) is 0.717. The highest BCUT2D eigenvalue weighted by atomic mass is 35.5. The molecule has 0 spiro atoms. The Morgan fingerprint density at radius 1 is 1.24 bits per heavy atom. The third-order valence-electron chi connectivity index (χ3n) is 4.04. The summed E-state index contributed by atoms with van der Waals surface area (Å²) in [7, 11) is -2.28. The van der Waals surface area contributed by atoms with Gasteiger partial charge in [0.2, 0.25) is 10.0 Å². The van der Waals surface area contributed by atoms with Crippen LogP contribution in [0.5, 0.6) is 11.5 Å². The minimum absolute atomic E-state index is 0.0760. The number of nitrogens with zero attached hydrogens (tertiary/aromatic N) is 2. The fraction of sp³-hybridized carbons (Fsp3) is 0.353. The standard InChI is InChI=1S/C17H19ClN2O4S/c1-23-16-5-4-13(18)11-17(16)25(21,22)20-10-2-3-15(12-20)24-14-6-8-19-9-7-14/h4-9,11,15H,2-3,10,12H2,1H3. The summed E-state index contributed by atoms with van der Waals surface area (Å²) in [6.07, 6.45) is 4.59. The summed E-state index contributed by atoms with van der Waals surface area (Å²) in [4.78, 5) is 4.02. The van der Waals surface area contributed by atoms with Gasteiger partial charge in [0.25, 0.3) is 0 Å². The Kier molecular flexibility index (Phi) is 5.46. The second kappa shape index (κ2) is 7.59. The van der Waals surface area contributed by atoms with Crippen molar-refractivity contribution in [2.24, 2.45) is 0 Å². The lowest BCUT2D eigenvalue weighted by molar-refractivity contribution is 0.129. The van der Waals surface area contributed by atoms with Crippen molar-refractivity contribution in [3.05, 3.63) is 47.7 Å². The highest BCUT2D eigenvalue weighted by Crippen LogP contribution is 2.31. The Bertz CT molecular complexity index is 830. The van der Waals surface area contributed by atoms with Gasteiger partial charge in [-0.1, -0.05) is 11.6 Å². The first-order chi connectivity index (χ1) is 12.0. The number of benzene rings is 1. The second-order valence-corrected chi connectivity index (χ2v) is 8.07. The maximum absolute atomic E-state index is 13.0. The number of hydrogen-bond donors (Lipinski definition) is 0. The molecule has 1 saturated heterocycles. The molecule has 134 valence electrons. The zero-order valence-corrected chi connectivity index (χ0v) is 15.3. The third kappa shape index (κ3) is 4.05. The summed E-state index contributed by atoms with van der Waals surface area (Å²) >= 11 is 5.99. The van der Waals surface area contributed by atoms with E-state index < -0.39 is 10.0 Å². The molecule has 1 fully saturated rings. The van der Waals surface area contributed by atoms with E-state index in [2.05, 4.69) is 4.98 Å². The second-order valence-electron chi connectivity index (χ2n) is 5.72. The van der Waals surface area contributed by atoms with Gasteiger partial charge >= 0.3 is 0 Å². The third-order valence-corrected chi connectivity index (χ3v) is 6.16. The molecule has 1 aliphatic heterocycles. The lowest BCUT2D eigenvalue weighted by Crippen LogP contribution is -2.44. The van der Waals surface area contributed by atoms with E-state index in [0.29, 0.717) is 17.3 Å². The Hall–Kier alpha value is -1.83. The zero-order valence-electron chi connectivity index (χ0n) is 13.8. The summed E-state index contributed by atoms with van der Waals surface area (Å²) in [5, 5.41) is 0.348. The predicted molar refractivity (Wildman–Crippen MR) is 94.6 cm³/mol. The number of aromatic nitrogens is 1. The van der Waals surface area contributed by atoms with Gasteiger partial charge in [-0.05, 0) is 43.2 Å². The van der Waals surface area contributed by atoms with Gasteiger partial charge in [0, 0.05) is 24.0 Å². The molecule has 1 atom stereocenters. The van der Waals surface area contributed by atoms with Crippen LogP contribution >= 0.6 is 11.6 Å². The fourth-order valence-electron chi connectivity index (χ4n) is 2.82. The Morgan fingerprint density at radius 3 is 2.72 bits per heavy atom. The molecule has 1 aromatic carbocycles. The number of ether oxygens (including phenoxy) is 2. The maximum Gasteiger partial charge on any atom is 0.246 e. The molecule has 2 heterocycles. The largest absolute Gasteiger partial charge is 0.495 e. The number of hydrogen-bond acceptors (Lipinski definition) is 5. The summed E-state index contributed by atoms with van der Waals surface area (Å²) in [5.41, 5.74) is 0. The average Bonchev–Trinajstić information content (AvgIpc) is 2.63. The molecular weight excluding hydrogens is 364 g/mol. The van der Waals surface area contributed by atoms with Gasteiger partial charge in [0.05, 0.1) is 13.7 Å². The van der Waals surface area contributed by atoms with E-state index in [0.717, 1.165) is 12.8 Å². The predicted octanol–water partition coefficient (Wildman–Crippen LogP) is 2.98. The lowest BCUT2D eigenvalue weighted by atomic mass is 10.1. The van der Waals surface area contributed by atoms with Crippen LogP contribution < -0.4 is 9.47 Å². The Morgan fingerprint density at radius 2 is 2.00 bits per heavy atom. The summed E-state index contributed by atoms with van der Waals surface area (Å²) in [6, 6.07) is 8.10. The average molecular weight is 383 g/mol. The molecule has 2 aromatic rings. The fourth-order valence-corrected chi connectivity index (χ4v) is 4.75. The van der Waals surface area contributed by atoms with Crippen molar-refractivity contribution >= 4 is 21.6 Å². The first-order valence-electron chi connectivity index (χ1n) is 7.91. The minimum Gasteiger partial charge on any atom is -0.495 e. The molecule has 0 amide bonds. The molecule has 6 nitrogen and oxygen atoms in total. The molecule has 25 heavy (non-hydrogen) atoms. The van der Waals surface area contributed by atoms with Gasteiger partial charge in [-0.2, -0.15) is 4.31 Å². The molecule has 8 heteroatoms. The maximum atomic E-state index is 13.0. The van der Waals surface area contributed by atoms with Crippen LogP contribution in [-0.4, -0.2) is 44.0 Å². The smallest absolute Gasteiger partial charge is 0.246 e. The van der Waals surface area contributed by atoms with Crippen LogP contribution in [0.1, 0.15) is 12.8 Å². The molecule has 0 bridgehead atoms. The van der Waals surface area contributed by atoms with Crippen molar-refractivity contribution in [3.8, 4) is 11.5 Å². The van der Waals surface area contributed by atoms with Crippen molar-refractivity contribution in [1.82, 2.24) is 9.29 Å². The SMILES string of the molecule is COc1ccc(Cl)cc1S(=O)(=O)N1CCCC(Oc2ccncc2)C1. The summed E-state index contributed by atoms with van der Waals surface area (Å²) < 4.78 is 38.6. The van der Waals surface area contributed by atoms with Gasteiger partial charge < -0.3 is 9.47 Å². The van der Waals surface area contributed by atoms with E-state index in [-0.39, 0.29) is 23.3 Å². The zero-order chi connectivity index (χ0) is 17.9. The van der Waals surface area contributed by atoms with E-state index >= 15 is 0 Å². The molecule has 0 saturated carbocycles. The van der Waals surface area contributed by atoms with Crippen LogP contribution in [0.15, 0.2) is 47.6 Å². The molecule has 0 radical (unpaired) electrons. The van der Waals surface area contributed by atoms with Crippen molar-refractivity contribution in [2.75, 3.05) is 20.2 Å². The van der Waals surface area contributed by atoms with Crippen molar-refractivity contribution in [3.63, 3.8) is 0 Å². The Labute approximate surface area is 152 Å². The lowest BCUT2D eigenvalue weighted by Gasteiger charge is -2.32. The molecule has 1 aromatic heterocycles. The van der Waals surface area contributed by atoms with Gasteiger partial charge in [-0.25, -0.2) is 8.42 Å². The topological polar surface area (TPSA) is 68.7 Å². The van der Waals surface area contributed by atoms with Crippen molar-refractivity contribution < 1.29 is 17.9 Å². The normalized spacial score (nSPS) is 18.7. The van der Waals surface area contributed by atoms with Crippen LogP contribution in [0, 0.1) is 0 Å². The monoisotopic (exact) mass is 382 g/mol. The van der Waals surface area contributed by atoms with Gasteiger partial charge in [0.1, 0.15) is 22.5 Å². The number of halogens is 1.